The van der Waals surface area contributed by atoms with Crippen molar-refractivity contribution in [1.29, 1.82) is 0 Å². The van der Waals surface area contributed by atoms with Gasteiger partial charge < -0.3 is 20.5 Å². The highest BCUT2D eigenvalue weighted by molar-refractivity contribution is 5.66. The van der Waals surface area contributed by atoms with Gasteiger partial charge in [0.05, 0.1) is 13.2 Å². The van der Waals surface area contributed by atoms with E-state index in [1.807, 2.05) is 0 Å². The number of hydrogen-bond acceptors (Lipinski definition) is 5. The minimum Gasteiger partial charge on any atom is -0.481 e. The molecule has 17 heavy (non-hydrogen) atoms. The molecule has 6 heteroatoms. The fourth-order valence-corrected chi connectivity index (χ4v) is 1.31. The first-order chi connectivity index (χ1) is 8.27. The van der Waals surface area contributed by atoms with Gasteiger partial charge in [0.1, 0.15) is 0 Å². The minimum absolute atomic E-state index is 0.173. The minimum atomic E-state index is -0.763. The van der Waals surface area contributed by atoms with E-state index in [2.05, 4.69) is 16.0 Å². The molecule has 0 unspecified atom stereocenters. The largest absolute Gasteiger partial charge is 0.481 e. The summed E-state index contributed by atoms with van der Waals surface area (Å²) in [6.45, 7) is 3.76. The highest BCUT2D eigenvalue weighted by atomic mass is 16.5. The zero-order valence-corrected chi connectivity index (χ0v) is 10.6. The molecule has 0 aliphatic heterocycles. The van der Waals surface area contributed by atoms with Gasteiger partial charge in [-0.2, -0.15) is 0 Å². The number of aliphatic carboxylic acids is 1. The van der Waals surface area contributed by atoms with Gasteiger partial charge in [0.2, 0.25) is 0 Å². The van der Waals surface area contributed by atoms with Crippen molar-refractivity contribution in [2.75, 3.05) is 40.1 Å². The predicted molar refractivity (Wildman–Crippen MR) is 66.9 cm³/mol. The Morgan fingerprint density at radius 1 is 1.06 bits per heavy atom. The molecule has 6 nitrogen and oxygen atoms in total. The Labute approximate surface area is 103 Å². The Morgan fingerprint density at radius 2 is 1.71 bits per heavy atom. The van der Waals surface area contributed by atoms with Gasteiger partial charge in [0.15, 0.2) is 0 Å². The first kappa shape index (κ1) is 16.3. The second-order valence-electron chi connectivity index (χ2n) is 3.81. The van der Waals surface area contributed by atoms with E-state index in [1.54, 1.807) is 7.11 Å². The highest BCUT2D eigenvalue weighted by Gasteiger charge is 1.94. The molecular weight excluding hydrogens is 222 g/mol. The normalized spacial score (nSPS) is 10.6. The van der Waals surface area contributed by atoms with Gasteiger partial charge in [0, 0.05) is 20.3 Å². The second kappa shape index (κ2) is 13.4. The number of nitrogens with one attached hydrogen (secondary N) is 3. The molecule has 0 rings (SSSR count). The summed E-state index contributed by atoms with van der Waals surface area (Å²) in [6, 6.07) is 0. The molecule has 0 saturated heterocycles. The summed E-state index contributed by atoms with van der Waals surface area (Å²) < 4.78 is 4.87. The molecule has 0 aromatic heterocycles. The predicted octanol–water partition coefficient (Wildman–Crippen LogP) is -0.0384. The lowest BCUT2D eigenvalue weighted by Gasteiger charge is -2.06. The third kappa shape index (κ3) is 15.3. The van der Waals surface area contributed by atoms with Crippen molar-refractivity contribution in [3.8, 4) is 0 Å². The average Bonchev–Trinajstić information content (AvgIpc) is 2.30. The van der Waals surface area contributed by atoms with Crippen LogP contribution in [0.2, 0.25) is 0 Å². The van der Waals surface area contributed by atoms with Gasteiger partial charge in [-0.1, -0.05) is 6.42 Å². The van der Waals surface area contributed by atoms with Crippen LogP contribution in [0, 0.1) is 0 Å². The summed E-state index contributed by atoms with van der Waals surface area (Å²) in [5.74, 6) is -0.763. The number of carboxylic acid groups (broad SMARTS) is 1. The molecule has 0 amide bonds. The Morgan fingerprint density at radius 3 is 2.35 bits per heavy atom. The van der Waals surface area contributed by atoms with E-state index in [-0.39, 0.29) is 6.42 Å². The van der Waals surface area contributed by atoms with Crippen LogP contribution in [0.15, 0.2) is 0 Å². The molecule has 0 heterocycles. The molecule has 0 fully saturated rings. The maximum absolute atomic E-state index is 10.2. The van der Waals surface area contributed by atoms with Gasteiger partial charge in [-0.05, 0) is 25.9 Å². The zero-order chi connectivity index (χ0) is 12.8. The number of ether oxygens (including phenoxy) is 1. The molecule has 102 valence electrons. The van der Waals surface area contributed by atoms with Crippen molar-refractivity contribution >= 4 is 5.97 Å². The molecule has 0 aliphatic rings. The van der Waals surface area contributed by atoms with Crippen molar-refractivity contribution in [2.45, 2.75) is 25.7 Å². The van der Waals surface area contributed by atoms with Gasteiger partial charge >= 0.3 is 5.97 Å². The third-order valence-corrected chi connectivity index (χ3v) is 2.22. The number of unbranched alkanes of at least 4 members (excludes halogenated alkanes) is 2. The van der Waals surface area contributed by atoms with E-state index in [4.69, 9.17) is 9.84 Å². The second-order valence-corrected chi connectivity index (χ2v) is 3.81. The summed E-state index contributed by atoms with van der Waals surface area (Å²) in [6.07, 6.45) is 3.64. The van der Waals surface area contributed by atoms with E-state index in [0.29, 0.717) is 19.9 Å². The van der Waals surface area contributed by atoms with E-state index < -0.39 is 5.97 Å². The van der Waals surface area contributed by atoms with E-state index in [9.17, 15) is 4.79 Å². The maximum Gasteiger partial charge on any atom is 0.304 e. The van der Waals surface area contributed by atoms with Crippen molar-refractivity contribution in [3.05, 3.63) is 0 Å². The van der Waals surface area contributed by atoms with Crippen LogP contribution in [0.5, 0.6) is 0 Å². The number of rotatable bonds is 13. The number of carboxylic acids is 1. The Balaban J connectivity index is 2.91. The van der Waals surface area contributed by atoms with Crippen molar-refractivity contribution < 1.29 is 14.6 Å². The molecule has 0 aliphatic carbocycles. The molecule has 0 spiro atoms. The quantitative estimate of drug-likeness (QED) is 0.270. The van der Waals surface area contributed by atoms with Gasteiger partial charge in [-0.25, -0.2) is 0 Å². The van der Waals surface area contributed by atoms with Crippen LogP contribution >= 0.6 is 0 Å². The molecule has 0 aromatic rings. The van der Waals surface area contributed by atoms with Crippen LogP contribution in [0.3, 0.4) is 0 Å². The summed E-state index contributed by atoms with van der Waals surface area (Å²) in [5.41, 5.74) is 0. The summed E-state index contributed by atoms with van der Waals surface area (Å²) >= 11 is 0. The molecular formula is C11H25N3O3. The topological polar surface area (TPSA) is 82.6 Å². The van der Waals surface area contributed by atoms with Crippen molar-refractivity contribution in [1.82, 2.24) is 16.0 Å². The summed E-state index contributed by atoms with van der Waals surface area (Å²) in [4.78, 5) is 10.2. The van der Waals surface area contributed by atoms with E-state index in [0.717, 1.165) is 25.9 Å². The standard InChI is InChI=1S/C11H25N3O3/c1-17-10-14-7-4-2-3-6-12-9-13-8-5-11(15)16/h12-14H,2-10H2,1H3,(H,15,16). The number of hydrogen-bond donors (Lipinski definition) is 4. The molecule has 0 atom stereocenters. The molecule has 0 aromatic carbocycles. The SMILES string of the molecule is COCNCCCCCNCNCCC(=O)O. The zero-order valence-electron chi connectivity index (χ0n) is 10.6. The first-order valence-corrected chi connectivity index (χ1v) is 6.10. The fraction of sp³-hybridized carbons (Fsp3) is 0.909. The van der Waals surface area contributed by atoms with E-state index in [1.165, 1.54) is 6.42 Å². The van der Waals surface area contributed by atoms with Crippen LogP contribution in [-0.4, -0.2) is 51.2 Å². The molecule has 0 saturated carbocycles. The van der Waals surface area contributed by atoms with Crippen LogP contribution in [0.25, 0.3) is 0 Å². The van der Waals surface area contributed by atoms with Gasteiger partial charge in [0.25, 0.3) is 0 Å². The molecule has 4 N–H and O–H groups in total. The van der Waals surface area contributed by atoms with Crippen molar-refractivity contribution in [3.63, 3.8) is 0 Å². The Hall–Kier alpha value is -0.690. The van der Waals surface area contributed by atoms with Crippen LogP contribution in [0.1, 0.15) is 25.7 Å². The van der Waals surface area contributed by atoms with Gasteiger partial charge in [-0.3, -0.25) is 10.1 Å². The van der Waals surface area contributed by atoms with Crippen LogP contribution < -0.4 is 16.0 Å². The lowest BCUT2D eigenvalue weighted by atomic mass is 10.2. The smallest absolute Gasteiger partial charge is 0.304 e. The maximum atomic E-state index is 10.2. The van der Waals surface area contributed by atoms with Crippen LogP contribution in [-0.2, 0) is 9.53 Å². The number of methoxy groups -OCH3 is 1. The lowest BCUT2D eigenvalue weighted by molar-refractivity contribution is -0.136. The number of carbonyl (C=O) groups is 1. The third-order valence-electron chi connectivity index (χ3n) is 2.22. The molecule has 0 bridgehead atoms. The summed E-state index contributed by atoms with van der Waals surface area (Å²) in [7, 11) is 1.67. The highest BCUT2D eigenvalue weighted by Crippen LogP contribution is 1.91. The van der Waals surface area contributed by atoms with E-state index >= 15 is 0 Å². The molecule has 0 radical (unpaired) electrons. The Kier molecular flexibility index (Phi) is 12.8. The van der Waals surface area contributed by atoms with Crippen LogP contribution in [0.4, 0.5) is 0 Å². The fourth-order valence-electron chi connectivity index (χ4n) is 1.31. The average molecular weight is 247 g/mol. The summed E-state index contributed by atoms with van der Waals surface area (Å²) in [5, 5.41) is 17.8. The van der Waals surface area contributed by atoms with Gasteiger partial charge in [-0.15, -0.1) is 0 Å². The monoisotopic (exact) mass is 247 g/mol. The Bertz CT molecular complexity index is 179. The van der Waals surface area contributed by atoms with Crippen molar-refractivity contribution in [2.24, 2.45) is 0 Å². The lowest BCUT2D eigenvalue weighted by Crippen LogP contribution is -2.31. The first-order valence-electron chi connectivity index (χ1n) is 6.10.